The van der Waals surface area contributed by atoms with E-state index in [0.29, 0.717) is 11.8 Å². The summed E-state index contributed by atoms with van der Waals surface area (Å²) < 4.78 is 0. The number of piperidine rings is 1. The van der Waals surface area contributed by atoms with E-state index in [1.165, 1.54) is 0 Å². The third-order valence-electron chi connectivity index (χ3n) is 5.90. The van der Waals surface area contributed by atoms with E-state index in [1.54, 1.807) is 0 Å². The average molecular weight is 252 g/mol. The van der Waals surface area contributed by atoms with Gasteiger partial charge in [-0.1, -0.05) is 41.0 Å². The number of carbonyl (C=O) groups is 1. The van der Waals surface area contributed by atoms with Gasteiger partial charge < -0.3 is 10.6 Å². The highest BCUT2D eigenvalue weighted by Gasteiger charge is 2.68. The second-order valence-corrected chi connectivity index (χ2v) is 7.28. The number of nitrogens with zero attached hydrogens (tertiary/aromatic N) is 1. The van der Waals surface area contributed by atoms with E-state index in [9.17, 15) is 4.79 Å². The van der Waals surface area contributed by atoms with Gasteiger partial charge in [0, 0.05) is 25.0 Å². The third-order valence-corrected chi connectivity index (χ3v) is 5.90. The lowest BCUT2D eigenvalue weighted by atomic mass is 9.90. The van der Waals surface area contributed by atoms with Crippen molar-refractivity contribution in [2.75, 3.05) is 13.1 Å². The SMILES string of the molecule is CCC1CN(C(=O)C2C(C)(C)C2(C)C)CCC1N. The molecule has 1 aliphatic heterocycles. The smallest absolute Gasteiger partial charge is 0.226 e. The van der Waals surface area contributed by atoms with Crippen molar-refractivity contribution >= 4 is 5.91 Å². The Kier molecular flexibility index (Phi) is 3.25. The van der Waals surface area contributed by atoms with E-state index < -0.39 is 0 Å². The number of likely N-dealkylation sites (tertiary alicyclic amines) is 1. The fourth-order valence-electron chi connectivity index (χ4n) is 3.68. The van der Waals surface area contributed by atoms with Crippen molar-refractivity contribution in [3.63, 3.8) is 0 Å². The quantitative estimate of drug-likeness (QED) is 0.819. The Morgan fingerprint density at radius 1 is 1.28 bits per heavy atom. The number of rotatable bonds is 2. The third kappa shape index (κ3) is 1.87. The van der Waals surface area contributed by atoms with Gasteiger partial charge >= 0.3 is 0 Å². The molecule has 2 fully saturated rings. The summed E-state index contributed by atoms with van der Waals surface area (Å²) in [7, 11) is 0. The number of hydrogen-bond donors (Lipinski definition) is 1. The molecule has 0 bridgehead atoms. The van der Waals surface area contributed by atoms with Gasteiger partial charge in [0.1, 0.15) is 0 Å². The first-order valence-electron chi connectivity index (χ1n) is 7.27. The summed E-state index contributed by atoms with van der Waals surface area (Å²) in [6, 6.07) is 0.277. The first-order chi connectivity index (χ1) is 8.23. The molecule has 18 heavy (non-hydrogen) atoms. The van der Waals surface area contributed by atoms with E-state index in [4.69, 9.17) is 5.73 Å². The Morgan fingerprint density at radius 2 is 1.83 bits per heavy atom. The summed E-state index contributed by atoms with van der Waals surface area (Å²) in [6.07, 6.45) is 2.03. The molecule has 0 aromatic carbocycles. The Hall–Kier alpha value is -0.570. The first-order valence-corrected chi connectivity index (χ1v) is 7.27. The second kappa shape index (κ2) is 4.22. The molecule has 0 spiro atoms. The zero-order valence-corrected chi connectivity index (χ0v) is 12.5. The number of nitrogens with two attached hydrogens (primary N) is 1. The van der Waals surface area contributed by atoms with Gasteiger partial charge in [0.25, 0.3) is 0 Å². The molecule has 104 valence electrons. The molecule has 1 amide bonds. The Balaban J connectivity index is 2.04. The van der Waals surface area contributed by atoms with Gasteiger partial charge in [-0.15, -0.1) is 0 Å². The van der Waals surface area contributed by atoms with E-state index in [1.807, 2.05) is 0 Å². The van der Waals surface area contributed by atoms with Gasteiger partial charge in [0.2, 0.25) is 5.91 Å². The first kappa shape index (κ1) is 13.9. The monoisotopic (exact) mass is 252 g/mol. The molecule has 2 unspecified atom stereocenters. The predicted octanol–water partition coefficient (Wildman–Crippen LogP) is 2.25. The molecular formula is C15H28N2O. The van der Waals surface area contributed by atoms with Crippen molar-refractivity contribution in [1.82, 2.24) is 4.90 Å². The molecule has 2 aliphatic rings. The van der Waals surface area contributed by atoms with Crippen LogP contribution in [0.3, 0.4) is 0 Å². The summed E-state index contributed by atoms with van der Waals surface area (Å²) in [4.78, 5) is 14.7. The summed E-state index contributed by atoms with van der Waals surface area (Å²) in [6.45, 7) is 12.7. The van der Waals surface area contributed by atoms with Crippen molar-refractivity contribution in [1.29, 1.82) is 0 Å². The molecule has 2 atom stereocenters. The van der Waals surface area contributed by atoms with Gasteiger partial charge in [-0.25, -0.2) is 0 Å². The molecule has 1 aliphatic carbocycles. The largest absolute Gasteiger partial charge is 0.342 e. The molecule has 1 saturated carbocycles. The highest BCUT2D eigenvalue weighted by molar-refractivity contribution is 5.84. The van der Waals surface area contributed by atoms with Crippen LogP contribution in [0.25, 0.3) is 0 Å². The highest BCUT2D eigenvalue weighted by Crippen LogP contribution is 2.68. The molecule has 1 saturated heterocycles. The highest BCUT2D eigenvalue weighted by atomic mass is 16.2. The average Bonchev–Trinajstić information content (AvgIpc) is 2.69. The van der Waals surface area contributed by atoms with Gasteiger partial charge in [0.15, 0.2) is 0 Å². The number of carbonyl (C=O) groups excluding carboxylic acids is 1. The molecule has 0 aromatic rings. The van der Waals surface area contributed by atoms with Crippen LogP contribution in [0.15, 0.2) is 0 Å². The van der Waals surface area contributed by atoms with Crippen LogP contribution in [0.5, 0.6) is 0 Å². The van der Waals surface area contributed by atoms with Crippen molar-refractivity contribution in [2.24, 2.45) is 28.4 Å². The predicted molar refractivity (Wildman–Crippen MR) is 74.0 cm³/mol. The van der Waals surface area contributed by atoms with Crippen molar-refractivity contribution in [2.45, 2.75) is 53.5 Å². The molecule has 2 N–H and O–H groups in total. The van der Waals surface area contributed by atoms with Crippen LogP contribution in [0.2, 0.25) is 0 Å². The maximum Gasteiger partial charge on any atom is 0.226 e. The van der Waals surface area contributed by atoms with Crippen molar-refractivity contribution in [3.05, 3.63) is 0 Å². The van der Waals surface area contributed by atoms with Crippen LogP contribution in [-0.4, -0.2) is 29.9 Å². The van der Waals surface area contributed by atoms with Crippen LogP contribution in [-0.2, 0) is 4.79 Å². The molecule has 2 rings (SSSR count). The van der Waals surface area contributed by atoms with E-state index in [0.717, 1.165) is 25.9 Å². The van der Waals surface area contributed by atoms with Gasteiger partial charge in [0.05, 0.1) is 0 Å². The standard InChI is InChI=1S/C15H28N2O/c1-6-10-9-17(8-7-11(10)16)13(18)12-14(2,3)15(12,4)5/h10-12H,6-9,16H2,1-5H3. The maximum absolute atomic E-state index is 12.6. The lowest BCUT2D eigenvalue weighted by Gasteiger charge is -2.37. The fraction of sp³-hybridized carbons (Fsp3) is 0.933. The molecule has 1 heterocycles. The minimum Gasteiger partial charge on any atom is -0.342 e. The van der Waals surface area contributed by atoms with Crippen LogP contribution in [0, 0.1) is 22.7 Å². The Labute approximate surface area is 111 Å². The van der Waals surface area contributed by atoms with Gasteiger partial charge in [-0.2, -0.15) is 0 Å². The molecule has 3 nitrogen and oxygen atoms in total. The molecule has 3 heteroatoms. The van der Waals surface area contributed by atoms with E-state index >= 15 is 0 Å². The van der Waals surface area contributed by atoms with Crippen molar-refractivity contribution < 1.29 is 4.79 Å². The zero-order valence-electron chi connectivity index (χ0n) is 12.5. The van der Waals surface area contributed by atoms with Crippen LogP contribution in [0.4, 0.5) is 0 Å². The lowest BCUT2D eigenvalue weighted by molar-refractivity contribution is -0.135. The van der Waals surface area contributed by atoms with Crippen LogP contribution < -0.4 is 5.73 Å². The van der Waals surface area contributed by atoms with E-state index in [-0.39, 0.29) is 22.8 Å². The number of hydrogen-bond acceptors (Lipinski definition) is 2. The topological polar surface area (TPSA) is 46.3 Å². The fourth-order valence-corrected chi connectivity index (χ4v) is 3.68. The van der Waals surface area contributed by atoms with E-state index in [2.05, 4.69) is 39.5 Å². The van der Waals surface area contributed by atoms with Crippen LogP contribution >= 0.6 is 0 Å². The summed E-state index contributed by atoms with van der Waals surface area (Å²) >= 11 is 0. The molecule has 0 aromatic heterocycles. The zero-order chi connectivity index (χ0) is 13.7. The Bertz CT molecular complexity index is 334. The summed E-state index contributed by atoms with van der Waals surface area (Å²) in [5, 5.41) is 0. The number of amides is 1. The van der Waals surface area contributed by atoms with Crippen LogP contribution in [0.1, 0.15) is 47.5 Å². The Morgan fingerprint density at radius 3 is 2.28 bits per heavy atom. The lowest BCUT2D eigenvalue weighted by Crippen LogP contribution is -2.49. The summed E-state index contributed by atoms with van der Waals surface area (Å²) in [5.41, 5.74) is 6.40. The summed E-state index contributed by atoms with van der Waals surface area (Å²) in [5.74, 6) is 1.03. The second-order valence-electron chi connectivity index (χ2n) is 7.28. The molecular weight excluding hydrogens is 224 g/mol. The normalized spacial score (nSPS) is 34.4. The van der Waals surface area contributed by atoms with Crippen molar-refractivity contribution in [3.8, 4) is 0 Å². The molecule has 0 radical (unpaired) electrons. The maximum atomic E-state index is 12.6. The van der Waals surface area contributed by atoms with Gasteiger partial charge in [-0.05, 0) is 23.2 Å². The minimum absolute atomic E-state index is 0.144. The van der Waals surface area contributed by atoms with Gasteiger partial charge in [-0.3, -0.25) is 4.79 Å². The minimum atomic E-state index is 0.144.